The van der Waals surface area contributed by atoms with Crippen molar-refractivity contribution in [1.82, 2.24) is 4.31 Å². The van der Waals surface area contributed by atoms with Gasteiger partial charge >= 0.3 is 0 Å². The van der Waals surface area contributed by atoms with Gasteiger partial charge < -0.3 is 5.73 Å². The minimum atomic E-state index is -3.36. The van der Waals surface area contributed by atoms with Gasteiger partial charge in [-0.2, -0.15) is 4.31 Å². The summed E-state index contributed by atoms with van der Waals surface area (Å²) < 4.78 is 26.7. The molecule has 4 nitrogen and oxygen atoms in total. The van der Waals surface area contributed by atoms with Gasteiger partial charge in [-0.25, -0.2) is 8.42 Å². The third-order valence-electron chi connectivity index (χ3n) is 4.13. The van der Waals surface area contributed by atoms with Crippen molar-refractivity contribution < 1.29 is 8.42 Å². The van der Waals surface area contributed by atoms with Crippen LogP contribution in [0.4, 0.5) is 0 Å². The van der Waals surface area contributed by atoms with Crippen molar-refractivity contribution in [3.63, 3.8) is 0 Å². The Morgan fingerprint density at radius 2 is 1.95 bits per heavy atom. The zero-order chi connectivity index (χ0) is 13.5. The summed E-state index contributed by atoms with van der Waals surface area (Å²) in [7, 11) is -3.36. The summed E-state index contributed by atoms with van der Waals surface area (Å²) >= 11 is 0. The van der Waals surface area contributed by atoms with Crippen molar-refractivity contribution in [2.45, 2.75) is 43.0 Å². The molecule has 1 aliphatic heterocycles. The third kappa shape index (κ3) is 2.42. The van der Waals surface area contributed by atoms with E-state index in [9.17, 15) is 8.42 Å². The molecule has 1 atom stereocenters. The first kappa shape index (κ1) is 13.1. The lowest BCUT2D eigenvalue weighted by atomic mass is 10.1. The lowest BCUT2D eigenvalue weighted by Gasteiger charge is -2.30. The largest absolute Gasteiger partial charge is 0.327 e. The van der Waals surface area contributed by atoms with E-state index in [-0.39, 0.29) is 6.04 Å². The lowest BCUT2D eigenvalue weighted by molar-refractivity contribution is 0.316. The van der Waals surface area contributed by atoms with Crippen molar-refractivity contribution in [2.24, 2.45) is 5.73 Å². The molecule has 2 N–H and O–H groups in total. The first-order valence-corrected chi connectivity index (χ1v) is 8.39. The summed E-state index contributed by atoms with van der Waals surface area (Å²) in [5.74, 6) is 0. The van der Waals surface area contributed by atoms with Crippen LogP contribution in [0.1, 0.15) is 30.4 Å². The molecule has 0 bridgehead atoms. The Hall–Kier alpha value is -0.910. The summed E-state index contributed by atoms with van der Waals surface area (Å²) in [6.07, 6.45) is 4.97. The molecule has 0 radical (unpaired) electrons. The molecule has 5 heteroatoms. The van der Waals surface area contributed by atoms with Gasteiger partial charge in [0.1, 0.15) is 0 Å². The summed E-state index contributed by atoms with van der Waals surface area (Å²) in [5, 5.41) is 0. The van der Waals surface area contributed by atoms with Gasteiger partial charge in [0.15, 0.2) is 0 Å². The van der Waals surface area contributed by atoms with Crippen molar-refractivity contribution in [2.75, 3.05) is 13.1 Å². The molecule has 1 aliphatic carbocycles. The summed E-state index contributed by atoms with van der Waals surface area (Å²) in [6.45, 7) is 1.03. The van der Waals surface area contributed by atoms with Crippen LogP contribution in [-0.4, -0.2) is 31.9 Å². The smallest absolute Gasteiger partial charge is 0.243 e. The Balaban J connectivity index is 1.91. The topological polar surface area (TPSA) is 63.4 Å². The second-order valence-electron chi connectivity index (χ2n) is 5.55. The highest BCUT2D eigenvalue weighted by atomic mass is 32.2. The van der Waals surface area contributed by atoms with Crippen LogP contribution in [0.25, 0.3) is 0 Å². The number of nitrogens with two attached hydrogens (primary N) is 1. The first-order valence-electron chi connectivity index (χ1n) is 6.95. The molecule has 104 valence electrons. The van der Waals surface area contributed by atoms with E-state index in [0.29, 0.717) is 18.0 Å². The average molecular weight is 280 g/mol. The summed E-state index contributed by atoms with van der Waals surface area (Å²) in [5.41, 5.74) is 8.38. The maximum atomic E-state index is 12.6. The minimum Gasteiger partial charge on any atom is -0.327 e. The highest BCUT2D eigenvalue weighted by molar-refractivity contribution is 7.89. The molecule has 0 saturated carbocycles. The van der Waals surface area contributed by atoms with E-state index in [0.717, 1.165) is 32.1 Å². The predicted molar refractivity (Wildman–Crippen MR) is 74.4 cm³/mol. The monoisotopic (exact) mass is 280 g/mol. The minimum absolute atomic E-state index is 0.0297. The van der Waals surface area contributed by atoms with E-state index in [2.05, 4.69) is 0 Å². The molecule has 1 unspecified atom stereocenters. The fourth-order valence-corrected chi connectivity index (χ4v) is 4.64. The van der Waals surface area contributed by atoms with Gasteiger partial charge in [0.2, 0.25) is 10.0 Å². The Morgan fingerprint density at radius 3 is 2.74 bits per heavy atom. The second-order valence-corrected chi connectivity index (χ2v) is 7.49. The lowest BCUT2D eigenvalue weighted by Crippen LogP contribution is -2.45. The van der Waals surface area contributed by atoms with Crippen LogP contribution in [-0.2, 0) is 22.9 Å². The predicted octanol–water partition coefficient (Wildman–Crippen LogP) is 1.29. The highest BCUT2D eigenvalue weighted by Crippen LogP contribution is 2.27. The molecule has 2 aliphatic rings. The number of rotatable bonds is 2. The number of piperidine rings is 1. The maximum Gasteiger partial charge on any atom is 0.243 e. The van der Waals surface area contributed by atoms with Crippen LogP contribution >= 0.6 is 0 Å². The fourth-order valence-electron chi connectivity index (χ4n) is 3.05. The van der Waals surface area contributed by atoms with Gasteiger partial charge in [0, 0.05) is 19.1 Å². The van der Waals surface area contributed by atoms with E-state index in [1.54, 1.807) is 6.07 Å². The molecule has 0 amide bonds. The van der Waals surface area contributed by atoms with Crippen LogP contribution in [0, 0.1) is 0 Å². The Bertz CT molecular complexity index is 583. The molecule has 3 rings (SSSR count). The molecule has 0 spiro atoms. The van der Waals surface area contributed by atoms with Crippen molar-refractivity contribution in [1.29, 1.82) is 0 Å². The summed E-state index contributed by atoms with van der Waals surface area (Å²) in [4.78, 5) is 0.433. The Labute approximate surface area is 114 Å². The molecule has 1 aromatic carbocycles. The van der Waals surface area contributed by atoms with E-state index in [1.165, 1.54) is 15.4 Å². The molecule has 1 saturated heterocycles. The molecule has 1 heterocycles. The first-order chi connectivity index (χ1) is 9.07. The van der Waals surface area contributed by atoms with E-state index >= 15 is 0 Å². The van der Waals surface area contributed by atoms with Gasteiger partial charge in [0.05, 0.1) is 4.90 Å². The molecule has 19 heavy (non-hydrogen) atoms. The maximum absolute atomic E-state index is 12.6. The molecule has 1 aromatic rings. The van der Waals surface area contributed by atoms with Gasteiger partial charge in [-0.05, 0) is 55.4 Å². The van der Waals surface area contributed by atoms with Gasteiger partial charge in [-0.3, -0.25) is 0 Å². The Kier molecular flexibility index (Phi) is 3.37. The van der Waals surface area contributed by atoms with Gasteiger partial charge in [-0.15, -0.1) is 0 Å². The van der Waals surface area contributed by atoms with E-state index in [1.807, 2.05) is 12.1 Å². The van der Waals surface area contributed by atoms with Gasteiger partial charge in [0.25, 0.3) is 0 Å². The van der Waals surface area contributed by atoms with E-state index < -0.39 is 10.0 Å². The third-order valence-corrected chi connectivity index (χ3v) is 5.99. The zero-order valence-corrected chi connectivity index (χ0v) is 11.8. The molecular formula is C14H20N2O2S. The number of aryl methyl sites for hydroxylation is 2. The Morgan fingerprint density at radius 1 is 1.16 bits per heavy atom. The number of sulfonamides is 1. The van der Waals surface area contributed by atoms with Crippen LogP contribution < -0.4 is 5.73 Å². The van der Waals surface area contributed by atoms with Crippen LogP contribution in [0.5, 0.6) is 0 Å². The van der Waals surface area contributed by atoms with Crippen molar-refractivity contribution >= 4 is 10.0 Å². The standard InChI is InChI=1S/C14H20N2O2S/c15-13-5-2-8-16(10-13)19(17,18)14-7-6-11-3-1-4-12(11)9-14/h6-7,9,13H,1-5,8,10,15H2. The number of hydrogen-bond acceptors (Lipinski definition) is 3. The van der Waals surface area contributed by atoms with Crippen LogP contribution in [0.15, 0.2) is 23.1 Å². The number of nitrogens with zero attached hydrogens (tertiary/aromatic N) is 1. The quantitative estimate of drug-likeness (QED) is 0.888. The van der Waals surface area contributed by atoms with Crippen LogP contribution in [0.3, 0.4) is 0 Å². The molecule has 1 fully saturated rings. The van der Waals surface area contributed by atoms with E-state index in [4.69, 9.17) is 5.73 Å². The number of benzene rings is 1. The van der Waals surface area contributed by atoms with Gasteiger partial charge in [-0.1, -0.05) is 6.07 Å². The normalized spacial score (nSPS) is 24.4. The second kappa shape index (κ2) is 4.89. The molecular weight excluding hydrogens is 260 g/mol. The van der Waals surface area contributed by atoms with Crippen molar-refractivity contribution in [3.8, 4) is 0 Å². The summed E-state index contributed by atoms with van der Waals surface area (Å²) in [6, 6.07) is 5.55. The average Bonchev–Trinajstić information content (AvgIpc) is 2.85. The van der Waals surface area contributed by atoms with Crippen LogP contribution in [0.2, 0.25) is 0 Å². The highest BCUT2D eigenvalue weighted by Gasteiger charge is 2.29. The fraction of sp³-hybridized carbons (Fsp3) is 0.571. The number of fused-ring (bicyclic) bond motifs is 1. The SMILES string of the molecule is NC1CCCN(S(=O)(=O)c2ccc3c(c2)CCC3)C1. The number of hydrogen-bond donors (Lipinski definition) is 1. The van der Waals surface area contributed by atoms with Crippen molar-refractivity contribution in [3.05, 3.63) is 29.3 Å². The zero-order valence-electron chi connectivity index (χ0n) is 11.0. The molecule has 0 aromatic heterocycles.